The molecule has 2 amide bonds. The van der Waals surface area contributed by atoms with Gasteiger partial charge in [0.25, 0.3) is 0 Å². The fourth-order valence-corrected chi connectivity index (χ4v) is 2.41. The summed E-state index contributed by atoms with van der Waals surface area (Å²) in [5.41, 5.74) is 0.299. The number of ether oxygens (including phenoxy) is 1. The van der Waals surface area contributed by atoms with Gasteiger partial charge in [-0.25, -0.2) is 0 Å². The first-order valence-corrected chi connectivity index (χ1v) is 7.34. The van der Waals surface area contributed by atoms with E-state index in [0.717, 1.165) is 6.07 Å². The topological polar surface area (TPSA) is 70.7 Å². The second-order valence-corrected chi connectivity index (χ2v) is 5.47. The minimum atomic E-state index is -3.02. The number of nitrogens with one attached hydrogen (secondary N) is 2. The van der Waals surface area contributed by atoms with E-state index in [9.17, 15) is 18.4 Å². The van der Waals surface area contributed by atoms with Crippen LogP contribution in [0.5, 0.6) is 5.75 Å². The number of piperazine rings is 1. The molecule has 0 spiro atoms. The van der Waals surface area contributed by atoms with E-state index >= 15 is 0 Å². The van der Waals surface area contributed by atoms with Crippen LogP contribution in [0.25, 0.3) is 0 Å². The number of hydrogen-bond acceptors (Lipinski definition) is 4. The average molecular weight is 368 g/mol. The number of benzene rings is 1. The maximum absolute atomic E-state index is 12.2. The summed E-state index contributed by atoms with van der Waals surface area (Å²) in [4.78, 5) is 24.6. The summed E-state index contributed by atoms with van der Waals surface area (Å²) >= 11 is 11.8. The first-order chi connectivity index (χ1) is 10.9. The van der Waals surface area contributed by atoms with E-state index in [1.54, 1.807) is 0 Å². The monoisotopic (exact) mass is 367 g/mol. The minimum Gasteiger partial charge on any atom is -0.433 e. The van der Waals surface area contributed by atoms with Crippen LogP contribution in [0.1, 0.15) is 0 Å². The predicted octanol–water partition coefficient (Wildman–Crippen LogP) is 1.97. The summed E-state index contributed by atoms with van der Waals surface area (Å²) in [6.07, 6.45) is 0. The first-order valence-electron chi connectivity index (χ1n) is 6.59. The van der Waals surface area contributed by atoms with E-state index < -0.39 is 6.61 Å². The number of carbonyl (C=O) groups is 2. The summed E-state index contributed by atoms with van der Waals surface area (Å²) in [7, 11) is 0. The Morgan fingerprint density at radius 3 is 2.78 bits per heavy atom. The lowest BCUT2D eigenvalue weighted by atomic mass is 10.3. The van der Waals surface area contributed by atoms with Crippen molar-refractivity contribution >= 4 is 40.7 Å². The van der Waals surface area contributed by atoms with Crippen molar-refractivity contribution in [2.75, 3.05) is 31.5 Å². The van der Waals surface area contributed by atoms with E-state index in [1.807, 2.05) is 0 Å². The number of halogens is 4. The highest BCUT2D eigenvalue weighted by Crippen LogP contribution is 2.35. The summed E-state index contributed by atoms with van der Waals surface area (Å²) in [6, 6.07) is 2.43. The number of nitrogens with zero attached hydrogens (tertiary/aromatic N) is 1. The molecule has 0 bridgehead atoms. The predicted molar refractivity (Wildman–Crippen MR) is 81.2 cm³/mol. The highest BCUT2D eigenvalue weighted by Gasteiger charge is 2.21. The van der Waals surface area contributed by atoms with Crippen molar-refractivity contribution in [1.82, 2.24) is 10.2 Å². The van der Waals surface area contributed by atoms with Gasteiger partial charge in [-0.1, -0.05) is 23.2 Å². The molecule has 1 aliphatic rings. The molecule has 2 N–H and O–H groups in total. The van der Waals surface area contributed by atoms with Crippen LogP contribution in [0, 0.1) is 0 Å². The van der Waals surface area contributed by atoms with Crippen LogP contribution in [-0.2, 0) is 9.59 Å². The number of amides is 2. The molecule has 1 fully saturated rings. The van der Waals surface area contributed by atoms with Crippen LogP contribution in [0.3, 0.4) is 0 Å². The zero-order valence-corrected chi connectivity index (χ0v) is 13.3. The minimum absolute atomic E-state index is 0.00380. The summed E-state index contributed by atoms with van der Waals surface area (Å²) < 4.78 is 28.6. The lowest BCUT2D eigenvalue weighted by Gasteiger charge is -2.27. The zero-order valence-electron chi connectivity index (χ0n) is 11.7. The third kappa shape index (κ3) is 4.84. The van der Waals surface area contributed by atoms with Crippen LogP contribution in [0.4, 0.5) is 14.5 Å². The third-order valence-electron chi connectivity index (χ3n) is 3.06. The molecule has 6 nitrogen and oxygen atoms in total. The second-order valence-electron chi connectivity index (χ2n) is 4.66. The van der Waals surface area contributed by atoms with Crippen molar-refractivity contribution in [3.63, 3.8) is 0 Å². The van der Waals surface area contributed by atoms with Crippen LogP contribution in [-0.4, -0.2) is 49.5 Å². The van der Waals surface area contributed by atoms with Crippen LogP contribution < -0.4 is 15.4 Å². The van der Waals surface area contributed by atoms with Crippen molar-refractivity contribution in [2.24, 2.45) is 0 Å². The molecule has 1 aromatic carbocycles. The van der Waals surface area contributed by atoms with E-state index in [0.29, 0.717) is 18.8 Å². The molecule has 23 heavy (non-hydrogen) atoms. The molecule has 0 atom stereocenters. The van der Waals surface area contributed by atoms with Gasteiger partial charge in [0.1, 0.15) is 5.75 Å². The number of carbonyl (C=O) groups excluding carboxylic acids is 2. The molecule has 0 saturated carbocycles. The Labute approximate surface area is 140 Å². The van der Waals surface area contributed by atoms with Crippen molar-refractivity contribution in [2.45, 2.75) is 6.61 Å². The van der Waals surface area contributed by atoms with Gasteiger partial charge in [0, 0.05) is 19.2 Å². The Kier molecular flexibility index (Phi) is 5.84. The average Bonchev–Trinajstić information content (AvgIpc) is 2.48. The Bertz CT molecular complexity index is 616. The Balaban J connectivity index is 1.98. The second kappa shape index (κ2) is 7.65. The van der Waals surface area contributed by atoms with Gasteiger partial charge in [0.2, 0.25) is 11.8 Å². The summed E-state index contributed by atoms with van der Waals surface area (Å²) in [6.45, 7) is -2.32. The van der Waals surface area contributed by atoms with Gasteiger partial charge >= 0.3 is 6.61 Å². The molecular formula is C13H13Cl2F2N3O3. The molecule has 1 heterocycles. The van der Waals surface area contributed by atoms with E-state index in [-0.39, 0.29) is 40.7 Å². The highest BCUT2D eigenvalue weighted by molar-refractivity contribution is 6.36. The quantitative estimate of drug-likeness (QED) is 0.834. The molecule has 0 unspecified atom stereocenters. The molecule has 1 aromatic rings. The Morgan fingerprint density at radius 1 is 1.39 bits per heavy atom. The molecule has 1 saturated heterocycles. The number of anilines is 1. The largest absolute Gasteiger partial charge is 0.433 e. The van der Waals surface area contributed by atoms with Gasteiger partial charge in [0.15, 0.2) is 0 Å². The van der Waals surface area contributed by atoms with Crippen molar-refractivity contribution in [3.05, 3.63) is 22.2 Å². The standard InChI is InChI=1S/C13H13Cl2F2N3O3/c14-7-4-10(23-13(16)17)8(15)3-9(7)19-5-12(22)20-2-1-18-11(21)6-20/h3-4,13,19H,1-2,5-6H2,(H,18,21). The first kappa shape index (κ1) is 17.6. The van der Waals surface area contributed by atoms with Crippen LogP contribution >= 0.6 is 23.2 Å². The molecule has 1 aliphatic heterocycles. The summed E-state index contributed by atoms with van der Waals surface area (Å²) in [5, 5.41) is 5.39. The lowest BCUT2D eigenvalue weighted by Crippen LogP contribution is -2.51. The van der Waals surface area contributed by atoms with Crippen molar-refractivity contribution in [3.8, 4) is 5.75 Å². The van der Waals surface area contributed by atoms with Crippen LogP contribution in [0.2, 0.25) is 10.0 Å². The molecule has 0 radical (unpaired) electrons. The van der Waals surface area contributed by atoms with E-state index in [4.69, 9.17) is 23.2 Å². The number of rotatable bonds is 5. The van der Waals surface area contributed by atoms with Gasteiger partial charge in [-0.15, -0.1) is 0 Å². The Hall–Kier alpha value is -1.80. The van der Waals surface area contributed by atoms with Gasteiger partial charge < -0.3 is 20.3 Å². The van der Waals surface area contributed by atoms with Gasteiger partial charge in [-0.05, 0) is 6.07 Å². The third-order valence-corrected chi connectivity index (χ3v) is 3.67. The molecule has 10 heteroatoms. The number of hydrogen-bond donors (Lipinski definition) is 2. The van der Waals surface area contributed by atoms with Crippen molar-refractivity contribution in [1.29, 1.82) is 0 Å². The van der Waals surface area contributed by atoms with Crippen molar-refractivity contribution < 1.29 is 23.1 Å². The molecule has 0 aliphatic carbocycles. The fraction of sp³-hybridized carbons (Fsp3) is 0.385. The normalized spacial score (nSPS) is 14.7. The molecule has 126 valence electrons. The Morgan fingerprint density at radius 2 is 2.13 bits per heavy atom. The number of alkyl halides is 2. The lowest BCUT2D eigenvalue weighted by molar-refractivity contribution is -0.136. The fourth-order valence-electron chi connectivity index (χ4n) is 1.98. The molecular weight excluding hydrogens is 355 g/mol. The van der Waals surface area contributed by atoms with Crippen LogP contribution in [0.15, 0.2) is 12.1 Å². The van der Waals surface area contributed by atoms with E-state index in [2.05, 4.69) is 15.4 Å². The highest BCUT2D eigenvalue weighted by atomic mass is 35.5. The van der Waals surface area contributed by atoms with E-state index in [1.165, 1.54) is 11.0 Å². The molecule has 2 rings (SSSR count). The maximum Gasteiger partial charge on any atom is 0.387 e. The van der Waals surface area contributed by atoms with Gasteiger partial charge in [0.05, 0.1) is 28.8 Å². The van der Waals surface area contributed by atoms with Gasteiger partial charge in [-0.3, -0.25) is 9.59 Å². The maximum atomic E-state index is 12.2. The smallest absolute Gasteiger partial charge is 0.387 e. The van der Waals surface area contributed by atoms with Gasteiger partial charge in [-0.2, -0.15) is 8.78 Å². The molecule has 0 aromatic heterocycles. The summed E-state index contributed by atoms with van der Waals surface area (Å²) in [5.74, 6) is -0.768. The SMILES string of the molecule is O=C1CN(C(=O)CNc2cc(Cl)c(OC(F)F)cc2Cl)CCN1. The zero-order chi connectivity index (χ0) is 17.0.